The summed E-state index contributed by atoms with van der Waals surface area (Å²) in [6.45, 7) is 4.97. The minimum atomic E-state index is -0.327. The number of hydrogen-bond acceptors (Lipinski definition) is 3. The van der Waals surface area contributed by atoms with Crippen LogP contribution in [0.15, 0.2) is 18.2 Å². The summed E-state index contributed by atoms with van der Waals surface area (Å²) in [7, 11) is 0. The van der Waals surface area contributed by atoms with Crippen molar-refractivity contribution in [1.82, 2.24) is 4.90 Å². The number of halogens is 1. The Balaban J connectivity index is 2.08. The van der Waals surface area contributed by atoms with Gasteiger partial charge in [0.25, 0.3) is 0 Å². The molecule has 0 bridgehead atoms. The van der Waals surface area contributed by atoms with Gasteiger partial charge in [0, 0.05) is 30.6 Å². The third-order valence-corrected chi connectivity index (χ3v) is 4.20. The molecule has 1 atom stereocenters. The van der Waals surface area contributed by atoms with Crippen molar-refractivity contribution in [3.63, 3.8) is 0 Å². The van der Waals surface area contributed by atoms with Gasteiger partial charge in [-0.25, -0.2) is 4.39 Å². The number of aliphatic hydroxyl groups excluding tert-OH is 1. The summed E-state index contributed by atoms with van der Waals surface area (Å²) in [4.78, 5) is 2.39. The zero-order valence-corrected chi connectivity index (χ0v) is 11.8. The van der Waals surface area contributed by atoms with Crippen LogP contribution in [-0.4, -0.2) is 40.7 Å². The lowest BCUT2D eigenvalue weighted by Gasteiger charge is -2.30. The maximum Gasteiger partial charge on any atom is 0.138 e. The molecule has 1 fully saturated rings. The predicted octanol–water partition coefficient (Wildman–Crippen LogP) is 2.11. The fourth-order valence-electron chi connectivity index (χ4n) is 2.19. The number of rotatable bonds is 2. The highest BCUT2D eigenvalue weighted by molar-refractivity contribution is 7.99. The van der Waals surface area contributed by atoms with Gasteiger partial charge < -0.3 is 5.11 Å². The summed E-state index contributed by atoms with van der Waals surface area (Å²) in [5.74, 6) is 5.97. The van der Waals surface area contributed by atoms with Crippen molar-refractivity contribution in [3.05, 3.63) is 35.1 Å². The van der Waals surface area contributed by atoms with Gasteiger partial charge in [-0.15, -0.1) is 0 Å². The van der Waals surface area contributed by atoms with Crippen molar-refractivity contribution in [3.8, 4) is 11.8 Å². The minimum Gasteiger partial charge on any atom is -0.384 e. The molecular weight excluding hydrogens is 261 g/mol. The van der Waals surface area contributed by atoms with Gasteiger partial charge in [-0.05, 0) is 17.7 Å². The molecule has 102 valence electrons. The first kappa shape index (κ1) is 14.4. The maximum absolute atomic E-state index is 13.5. The first-order chi connectivity index (χ1) is 9.19. The Labute approximate surface area is 118 Å². The van der Waals surface area contributed by atoms with Crippen molar-refractivity contribution < 1.29 is 9.50 Å². The molecule has 0 saturated carbocycles. The molecule has 1 aromatic carbocycles. The topological polar surface area (TPSA) is 23.5 Å². The maximum atomic E-state index is 13.5. The van der Waals surface area contributed by atoms with Crippen LogP contribution in [-0.2, 0) is 6.54 Å². The lowest BCUT2D eigenvalue weighted by molar-refractivity contribution is 0.278. The van der Waals surface area contributed by atoms with Crippen molar-refractivity contribution in [1.29, 1.82) is 0 Å². The van der Waals surface area contributed by atoms with E-state index in [0.717, 1.165) is 31.0 Å². The van der Waals surface area contributed by atoms with E-state index in [4.69, 9.17) is 5.11 Å². The Hall–Kier alpha value is -1.02. The SMILES string of the molecule is CC1CN(Cc2ccc(F)c(C#CCO)c2)CCS1. The molecule has 1 aliphatic heterocycles. The highest BCUT2D eigenvalue weighted by Gasteiger charge is 2.16. The molecule has 0 aromatic heterocycles. The number of thioether (sulfide) groups is 1. The molecule has 0 amide bonds. The number of hydrogen-bond donors (Lipinski definition) is 1. The van der Waals surface area contributed by atoms with Crippen LogP contribution >= 0.6 is 11.8 Å². The van der Waals surface area contributed by atoms with Crippen LogP contribution in [0.2, 0.25) is 0 Å². The molecule has 1 N–H and O–H groups in total. The zero-order chi connectivity index (χ0) is 13.7. The lowest BCUT2D eigenvalue weighted by atomic mass is 10.1. The summed E-state index contributed by atoms with van der Waals surface area (Å²) < 4.78 is 13.5. The van der Waals surface area contributed by atoms with E-state index in [-0.39, 0.29) is 12.4 Å². The van der Waals surface area contributed by atoms with E-state index in [1.54, 1.807) is 6.07 Å². The van der Waals surface area contributed by atoms with E-state index in [2.05, 4.69) is 23.7 Å². The third kappa shape index (κ3) is 4.24. The monoisotopic (exact) mass is 279 g/mol. The lowest BCUT2D eigenvalue weighted by Crippen LogP contribution is -2.36. The van der Waals surface area contributed by atoms with Crippen LogP contribution in [0, 0.1) is 17.7 Å². The van der Waals surface area contributed by atoms with Crippen molar-refractivity contribution in [2.24, 2.45) is 0 Å². The zero-order valence-electron chi connectivity index (χ0n) is 11.0. The van der Waals surface area contributed by atoms with Gasteiger partial charge in [0.15, 0.2) is 0 Å². The summed E-state index contributed by atoms with van der Waals surface area (Å²) in [6.07, 6.45) is 0. The van der Waals surface area contributed by atoms with E-state index >= 15 is 0 Å². The van der Waals surface area contributed by atoms with E-state index in [9.17, 15) is 4.39 Å². The number of aliphatic hydroxyl groups is 1. The number of nitrogens with zero attached hydrogens (tertiary/aromatic N) is 1. The van der Waals surface area contributed by atoms with Crippen LogP contribution in [0.5, 0.6) is 0 Å². The quantitative estimate of drug-likeness (QED) is 0.839. The van der Waals surface area contributed by atoms with Gasteiger partial charge in [0.2, 0.25) is 0 Å². The molecule has 1 aliphatic rings. The normalized spacial score (nSPS) is 19.8. The Morgan fingerprint density at radius 3 is 3.11 bits per heavy atom. The van der Waals surface area contributed by atoms with Crippen LogP contribution < -0.4 is 0 Å². The Morgan fingerprint density at radius 2 is 2.37 bits per heavy atom. The molecule has 1 aromatic rings. The first-order valence-electron chi connectivity index (χ1n) is 6.41. The molecule has 19 heavy (non-hydrogen) atoms. The van der Waals surface area contributed by atoms with Crippen molar-refractivity contribution >= 4 is 11.8 Å². The van der Waals surface area contributed by atoms with Gasteiger partial charge in [-0.3, -0.25) is 4.90 Å². The summed E-state index contributed by atoms with van der Waals surface area (Å²) >= 11 is 2.00. The molecule has 1 saturated heterocycles. The minimum absolute atomic E-state index is 0.246. The first-order valence-corrected chi connectivity index (χ1v) is 7.46. The van der Waals surface area contributed by atoms with Gasteiger partial charge in [-0.2, -0.15) is 11.8 Å². The van der Waals surface area contributed by atoms with Crippen LogP contribution in [0.3, 0.4) is 0 Å². The average molecular weight is 279 g/mol. The second-order valence-corrected chi connectivity index (χ2v) is 6.24. The van der Waals surface area contributed by atoms with E-state index < -0.39 is 0 Å². The van der Waals surface area contributed by atoms with Gasteiger partial charge >= 0.3 is 0 Å². The molecule has 2 nitrogen and oxygen atoms in total. The predicted molar refractivity (Wildman–Crippen MR) is 77.6 cm³/mol. The van der Waals surface area contributed by atoms with Crippen LogP contribution in [0.1, 0.15) is 18.1 Å². The largest absolute Gasteiger partial charge is 0.384 e. The van der Waals surface area contributed by atoms with Crippen LogP contribution in [0.4, 0.5) is 4.39 Å². The highest BCUT2D eigenvalue weighted by Crippen LogP contribution is 2.20. The Bertz CT molecular complexity index is 495. The molecular formula is C15H18FNOS. The summed E-state index contributed by atoms with van der Waals surface area (Å²) in [6, 6.07) is 5.05. The second-order valence-electron chi connectivity index (χ2n) is 4.69. The van der Waals surface area contributed by atoms with E-state index in [1.165, 1.54) is 6.07 Å². The molecule has 1 heterocycles. The Morgan fingerprint density at radius 1 is 1.53 bits per heavy atom. The molecule has 1 unspecified atom stereocenters. The summed E-state index contributed by atoms with van der Waals surface area (Å²) in [5, 5.41) is 9.33. The molecule has 0 aliphatic carbocycles. The van der Waals surface area contributed by atoms with Crippen molar-refractivity contribution in [2.75, 3.05) is 25.4 Å². The van der Waals surface area contributed by atoms with Gasteiger partial charge in [0.05, 0.1) is 5.56 Å². The van der Waals surface area contributed by atoms with Gasteiger partial charge in [0.1, 0.15) is 12.4 Å². The second kappa shape index (κ2) is 6.95. The molecule has 2 rings (SSSR count). The highest BCUT2D eigenvalue weighted by atomic mass is 32.2. The number of benzene rings is 1. The standard InChI is InChI=1S/C15H18FNOS/c1-12-10-17(6-8-19-12)11-13-4-5-15(16)14(9-13)3-2-7-18/h4-5,9,12,18H,6-8,10-11H2,1H3. The summed E-state index contributed by atoms with van der Waals surface area (Å²) in [5.41, 5.74) is 1.44. The fourth-order valence-corrected chi connectivity index (χ4v) is 3.28. The van der Waals surface area contributed by atoms with E-state index in [1.807, 2.05) is 17.8 Å². The fraction of sp³-hybridized carbons (Fsp3) is 0.467. The van der Waals surface area contributed by atoms with Crippen LogP contribution in [0.25, 0.3) is 0 Å². The average Bonchev–Trinajstić information content (AvgIpc) is 2.39. The molecule has 4 heteroatoms. The molecule has 0 spiro atoms. The smallest absolute Gasteiger partial charge is 0.138 e. The van der Waals surface area contributed by atoms with Crippen molar-refractivity contribution in [2.45, 2.75) is 18.7 Å². The third-order valence-electron chi connectivity index (χ3n) is 3.06. The molecule has 0 radical (unpaired) electrons. The van der Waals surface area contributed by atoms with Gasteiger partial charge in [-0.1, -0.05) is 24.8 Å². The van der Waals surface area contributed by atoms with E-state index in [0.29, 0.717) is 10.8 Å². The Kier molecular flexibility index (Phi) is 5.26.